The second-order valence-corrected chi connectivity index (χ2v) is 4.72. The van der Waals surface area contributed by atoms with Gasteiger partial charge in [0.1, 0.15) is 0 Å². The third-order valence-corrected chi connectivity index (χ3v) is 3.35. The van der Waals surface area contributed by atoms with Gasteiger partial charge < -0.3 is 14.9 Å². The highest BCUT2D eigenvalue weighted by atomic mass is 16.5. The molecule has 0 saturated heterocycles. The van der Waals surface area contributed by atoms with Crippen molar-refractivity contribution >= 4 is 11.9 Å². The highest BCUT2D eigenvalue weighted by Gasteiger charge is 2.37. The molecule has 0 unspecified atom stereocenters. The Bertz CT molecular complexity index is 419. The number of hydrogen-bond acceptors (Lipinski definition) is 5. The summed E-state index contributed by atoms with van der Waals surface area (Å²) in [6.07, 6.45) is 4.37. The van der Waals surface area contributed by atoms with Gasteiger partial charge in [0.2, 0.25) is 17.5 Å². The Morgan fingerprint density at radius 1 is 1.53 bits per heavy atom. The van der Waals surface area contributed by atoms with Crippen LogP contribution in [0.3, 0.4) is 0 Å². The highest BCUT2D eigenvalue weighted by Crippen LogP contribution is 2.41. The Labute approximate surface area is 100 Å². The third-order valence-electron chi connectivity index (χ3n) is 3.35. The summed E-state index contributed by atoms with van der Waals surface area (Å²) in [4.78, 5) is 15.8. The van der Waals surface area contributed by atoms with Gasteiger partial charge in [0, 0.05) is 5.41 Å². The van der Waals surface area contributed by atoms with Crippen LogP contribution >= 0.6 is 0 Å². The second kappa shape index (κ2) is 4.39. The lowest BCUT2D eigenvalue weighted by Gasteiger charge is -2.17. The van der Waals surface area contributed by atoms with Crippen LogP contribution in [0.1, 0.15) is 55.9 Å². The molecule has 1 aromatic rings. The van der Waals surface area contributed by atoms with Crippen molar-refractivity contribution in [2.24, 2.45) is 0 Å². The van der Waals surface area contributed by atoms with E-state index in [0.29, 0.717) is 12.5 Å². The van der Waals surface area contributed by atoms with Crippen molar-refractivity contribution in [2.45, 2.75) is 44.9 Å². The molecule has 0 aliphatic heterocycles. The minimum absolute atomic E-state index is 0.0616. The number of nitrogens with zero attached hydrogens (tertiary/aromatic N) is 1. The largest absolute Gasteiger partial charge is 0.461 e. The fourth-order valence-electron chi connectivity index (χ4n) is 2.30. The molecular formula is C12H18N2O3. The van der Waals surface area contributed by atoms with E-state index in [9.17, 15) is 4.79 Å². The van der Waals surface area contributed by atoms with E-state index in [2.05, 4.69) is 11.9 Å². The first-order valence-corrected chi connectivity index (χ1v) is 6.01. The topological polar surface area (TPSA) is 78.3 Å². The van der Waals surface area contributed by atoms with E-state index < -0.39 is 5.97 Å². The lowest BCUT2D eigenvalue weighted by Crippen LogP contribution is -2.17. The molecule has 1 aliphatic rings. The van der Waals surface area contributed by atoms with Crippen molar-refractivity contribution < 1.29 is 13.9 Å². The molecule has 1 aliphatic carbocycles. The summed E-state index contributed by atoms with van der Waals surface area (Å²) in [5.74, 6) is 0.115. The number of esters is 1. The number of ether oxygens (including phenoxy) is 1. The van der Waals surface area contributed by atoms with Crippen molar-refractivity contribution in [1.82, 2.24) is 4.98 Å². The number of nitrogens with two attached hydrogens (primary N) is 1. The minimum atomic E-state index is -0.512. The zero-order valence-electron chi connectivity index (χ0n) is 10.3. The maximum Gasteiger partial charge on any atom is 0.362 e. The number of nitrogen functional groups attached to an aromatic ring is 1. The van der Waals surface area contributed by atoms with Crippen LogP contribution in [-0.4, -0.2) is 17.6 Å². The van der Waals surface area contributed by atoms with Crippen molar-refractivity contribution in [3.63, 3.8) is 0 Å². The van der Waals surface area contributed by atoms with E-state index in [4.69, 9.17) is 14.9 Å². The van der Waals surface area contributed by atoms with Crippen molar-refractivity contribution in [3.05, 3.63) is 11.6 Å². The van der Waals surface area contributed by atoms with Crippen LogP contribution in [0.2, 0.25) is 0 Å². The number of rotatable bonds is 3. The Hall–Kier alpha value is -1.52. The van der Waals surface area contributed by atoms with E-state index in [1.54, 1.807) is 6.92 Å². The predicted octanol–water partition coefficient (Wildman–Crippen LogP) is 2.27. The molecule has 0 spiro atoms. The van der Waals surface area contributed by atoms with E-state index in [-0.39, 0.29) is 17.0 Å². The third kappa shape index (κ3) is 2.14. The van der Waals surface area contributed by atoms with E-state index in [0.717, 1.165) is 25.7 Å². The fourth-order valence-corrected chi connectivity index (χ4v) is 2.30. The molecule has 94 valence electrons. The van der Waals surface area contributed by atoms with Crippen LogP contribution in [0, 0.1) is 0 Å². The van der Waals surface area contributed by atoms with E-state index >= 15 is 0 Å². The minimum Gasteiger partial charge on any atom is -0.461 e. The standard InChI is InChI=1S/C12H18N2O3/c1-3-16-10(15)8-9(13)17-11(14-8)12(2)6-4-5-7-12/h3-7,13H2,1-2H3. The van der Waals surface area contributed by atoms with Gasteiger partial charge in [-0.05, 0) is 19.8 Å². The number of hydrogen-bond donors (Lipinski definition) is 1. The molecule has 1 fully saturated rings. The van der Waals surface area contributed by atoms with Gasteiger partial charge >= 0.3 is 5.97 Å². The fraction of sp³-hybridized carbons (Fsp3) is 0.667. The lowest BCUT2D eigenvalue weighted by molar-refractivity contribution is 0.0521. The summed E-state index contributed by atoms with van der Waals surface area (Å²) in [5, 5.41) is 0. The van der Waals surface area contributed by atoms with Gasteiger partial charge in [0.05, 0.1) is 6.61 Å². The molecule has 0 amide bonds. The average Bonchev–Trinajstić information content (AvgIpc) is 2.86. The highest BCUT2D eigenvalue weighted by molar-refractivity contribution is 5.91. The zero-order chi connectivity index (χ0) is 12.5. The molecule has 2 rings (SSSR count). The van der Waals surface area contributed by atoms with Crippen LogP contribution in [0.25, 0.3) is 0 Å². The molecule has 1 aromatic heterocycles. The Balaban J connectivity index is 2.27. The van der Waals surface area contributed by atoms with Crippen LogP contribution in [0.5, 0.6) is 0 Å². The molecule has 0 atom stereocenters. The molecule has 0 bridgehead atoms. The van der Waals surface area contributed by atoms with Crippen LogP contribution < -0.4 is 5.73 Å². The quantitative estimate of drug-likeness (QED) is 0.817. The molecule has 5 heteroatoms. The Morgan fingerprint density at radius 3 is 2.76 bits per heavy atom. The molecule has 1 heterocycles. The number of aromatic nitrogens is 1. The summed E-state index contributed by atoms with van der Waals surface area (Å²) in [7, 11) is 0. The smallest absolute Gasteiger partial charge is 0.362 e. The lowest BCUT2D eigenvalue weighted by atomic mass is 9.89. The van der Waals surface area contributed by atoms with Gasteiger partial charge in [0.15, 0.2) is 0 Å². The first-order chi connectivity index (χ1) is 8.07. The Kier molecular flexibility index (Phi) is 3.09. The Morgan fingerprint density at radius 2 is 2.18 bits per heavy atom. The van der Waals surface area contributed by atoms with Crippen LogP contribution in [-0.2, 0) is 10.2 Å². The number of carbonyl (C=O) groups excluding carboxylic acids is 1. The van der Waals surface area contributed by atoms with Gasteiger partial charge in [-0.2, -0.15) is 0 Å². The maximum atomic E-state index is 11.6. The van der Waals surface area contributed by atoms with E-state index in [1.807, 2.05) is 0 Å². The number of anilines is 1. The van der Waals surface area contributed by atoms with Gasteiger partial charge in [-0.15, -0.1) is 0 Å². The summed E-state index contributed by atoms with van der Waals surface area (Å²) < 4.78 is 10.3. The van der Waals surface area contributed by atoms with Gasteiger partial charge in [0.25, 0.3) is 0 Å². The maximum absolute atomic E-state index is 11.6. The molecule has 5 nitrogen and oxygen atoms in total. The van der Waals surface area contributed by atoms with Gasteiger partial charge in [-0.1, -0.05) is 19.8 Å². The van der Waals surface area contributed by atoms with Crippen LogP contribution in [0.4, 0.5) is 5.88 Å². The zero-order valence-corrected chi connectivity index (χ0v) is 10.3. The summed E-state index contributed by atoms with van der Waals surface area (Å²) >= 11 is 0. The first-order valence-electron chi connectivity index (χ1n) is 6.01. The average molecular weight is 238 g/mol. The van der Waals surface area contributed by atoms with Gasteiger partial charge in [-0.25, -0.2) is 9.78 Å². The van der Waals surface area contributed by atoms with Crippen molar-refractivity contribution in [1.29, 1.82) is 0 Å². The normalized spacial score (nSPS) is 18.2. The van der Waals surface area contributed by atoms with Crippen molar-refractivity contribution in [2.75, 3.05) is 12.3 Å². The molecule has 0 aromatic carbocycles. The van der Waals surface area contributed by atoms with Gasteiger partial charge in [-0.3, -0.25) is 0 Å². The van der Waals surface area contributed by atoms with E-state index in [1.165, 1.54) is 0 Å². The predicted molar refractivity (Wildman–Crippen MR) is 62.7 cm³/mol. The first kappa shape index (κ1) is 12.0. The monoisotopic (exact) mass is 238 g/mol. The summed E-state index contributed by atoms with van der Waals surface area (Å²) in [5.41, 5.74) is 5.69. The second-order valence-electron chi connectivity index (χ2n) is 4.72. The van der Waals surface area contributed by atoms with Crippen LogP contribution in [0.15, 0.2) is 4.42 Å². The molecular weight excluding hydrogens is 220 g/mol. The SMILES string of the molecule is CCOC(=O)c1nc(C2(C)CCCC2)oc1N. The summed E-state index contributed by atoms with van der Waals surface area (Å²) in [6, 6.07) is 0. The molecule has 1 saturated carbocycles. The number of carbonyl (C=O) groups is 1. The van der Waals surface area contributed by atoms with Crippen molar-refractivity contribution in [3.8, 4) is 0 Å². The molecule has 2 N–H and O–H groups in total. The summed E-state index contributed by atoms with van der Waals surface area (Å²) in [6.45, 7) is 4.14. The molecule has 17 heavy (non-hydrogen) atoms. The number of oxazole rings is 1. The molecule has 0 radical (unpaired) electrons.